The average molecular weight is 468 g/mol. The summed E-state index contributed by atoms with van der Waals surface area (Å²) in [5, 5.41) is 9.51. The number of alkyl halides is 1. The molecule has 10 heteroatoms. The lowest BCUT2D eigenvalue weighted by atomic mass is 9.90. The Morgan fingerprint density at radius 2 is 1.82 bits per heavy atom. The predicted octanol–water partition coefficient (Wildman–Crippen LogP) is 2.77. The summed E-state index contributed by atoms with van der Waals surface area (Å²) in [6.07, 6.45) is -3.29. The lowest BCUT2D eigenvalue weighted by Gasteiger charge is -2.28. The number of hydrogen-bond acceptors (Lipinski definition) is 6. The van der Waals surface area contributed by atoms with Crippen molar-refractivity contribution in [1.29, 1.82) is 0 Å². The Hall–Kier alpha value is -4.05. The van der Waals surface area contributed by atoms with Crippen LogP contribution in [0.4, 0.5) is 4.39 Å². The zero-order chi connectivity index (χ0) is 24.6. The van der Waals surface area contributed by atoms with Gasteiger partial charge in [-0.15, -0.1) is 0 Å². The van der Waals surface area contributed by atoms with Crippen molar-refractivity contribution >= 4 is 11.9 Å². The highest BCUT2D eigenvalue weighted by Crippen LogP contribution is 2.49. The number of esters is 1. The minimum atomic E-state index is -2.44. The van der Waals surface area contributed by atoms with Crippen LogP contribution in [0.15, 0.2) is 70.4 Å². The SMILES string of the molecule is Cc1c(C(=O)O)cccc1[C@H]1O[C@@H](n2ccc(=O)[nH]c2=O)[C@@](C)(F)[C@@H]1OC(=O)c1ccccc1. The maximum absolute atomic E-state index is 16.3. The van der Waals surface area contributed by atoms with Crippen molar-refractivity contribution < 1.29 is 28.6 Å². The molecule has 2 N–H and O–H groups in total. The number of aromatic carboxylic acids is 1. The summed E-state index contributed by atoms with van der Waals surface area (Å²) in [4.78, 5) is 50.4. The number of nitrogens with zero attached hydrogens (tertiary/aromatic N) is 1. The number of hydrogen-bond donors (Lipinski definition) is 2. The van der Waals surface area contributed by atoms with E-state index in [9.17, 15) is 24.3 Å². The van der Waals surface area contributed by atoms with Crippen LogP contribution in [0.5, 0.6) is 0 Å². The molecule has 1 saturated heterocycles. The number of H-pyrrole nitrogens is 1. The molecule has 1 fully saturated rings. The number of carbonyl (C=O) groups is 2. The van der Waals surface area contributed by atoms with Gasteiger partial charge >= 0.3 is 17.6 Å². The Morgan fingerprint density at radius 1 is 1.12 bits per heavy atom. The van der Waals surface area contributed by atoms with Crippen molar-refractivity contribution in [3.63, 3.8) is 0 Å². The molecule has 0 spiro atoms. The second-order valence-electron chi connectivity index (χ2n) is 8.09. The molecule has 1 aromatic heterocycles. The largest absolute Gasteiger partial charge is 0.478 e. The number of aromatic nitrogens is 2. The number of ether oxygens (including phenoxy) is 2. The van der Waals surface area contributed by atoms with Crippen LogP contribution in [-0.2, 0) is 9.47 Å². The number of halogens is 1. The second-order valence-corrected chi connectivity index (χ2v) is 8.09. The molecule has 0 aliphatic carbocycles. The van der Waals surface area contributed by atoms with E-state index >= 15 is 4.39 Å². The number of benzene rings is 2. The lowest BCUT2D eigenvalue weighted by molar-refractivity contribution is -0.0522. The second kappa shape index (κ2) is 8.71. The summed E-state index contributed by atoms with van der Waals surface area (Å²) >= 11 is 0. The maximum atomic E-state index is 16.3. The molecule has 2 heterocycles. The van der Waals surface area contributed by atoms with Crippen LogP contribution >= 0.6 is 0 Å². The summed E-state index contributed by atoms with van der Waals surface area (Å²) in [6, 6.07) is 13.4. The Labute approximate surface area is 192 Å². The predicted molar refractivity (Wildman–Crippen MR) is 117 cm³/mol. The third kappa shape index (κ3) is 4.03. The van der Waals surface area contributed by atoms with E-state index in [2.05, 4.69) is 0 Å². The highest BCUT2D eigenvalue weighted by molar-refractivity contribution is 5.90. The number of carbonyl (C=O) groups excluding carboxylic acids is 1. The number of nitrogens with one attached hydrogen (secondary N) is 1. The van der Waals surface area contributed by atoms with Crippen LogP contribution in [0.3, 0.4) is 0 Å². The van der Waals surface area contributed by atoms with Crippen molar-refractivity contribution in [2.24, 2.45) is 0 Å². The van der Waals surface area contributed by atoms with E-state index in [1.807, 2.05) is 4.98 Å². The summed E-state index contributed by atoms with van der Waals surface area (Å²) in [6.45, 7) is 2.65. The van der Waals surface area contributed by atoms with E-state index in [1.165, 1.54) is 31.2 Å². The first kappa shape index (κ1) is 23.1. The van der Waals surface area contributed by atoms with E-state index in [0.717, 1.165) is 23.8 Å². The molecule has 0 radical (unpaired) electrons. The van der Waals surface area contributed by atoms with Crippen molar-refractivity contribution in [2.45, 2.75) is 38.0 Å². The normalized spacial score (nSPS) is 24.0. The van der Waals surface area contributed by atoms with Crippen LogP contribution in [0.1, 0.15) is 51.1 Å². The van der Waals surface area contributed by atoms with Gasteiger partial charge in [-0.1, -0.05) is 30.3 Å². The van der Waals surface area contributed by atoms with Gasteiger partial charge < -0.3 is 14.6 Å². The van der Waals surface area contributed by atoms with Crippen LogP contribution < -0.4 is 11.2 Å². The van der Waals surface area contributed by atoms with E-state index < -0.39 is 47.3 Å². The standard InChI is InChI=1S/C24H21FN2O7/c1-13-15(9-6-10-16(13)20(29)30)18-19(34-21(31)14-7-4-3-5-8-14)24(2,25)22(33-18)27-12-11-17(28)26-23(27)32/h3-12,18-19,22H,1-2H3,(H,29,30)(H,26,28,32)/t18-,19-,22-,24+/m1/s1. The van der Waals surface area contributed by atoms with Gasteiger partial charge in [-0.3, -0.25) is 14.3 Å². The molecular formula is C24H21FN2O7. The zero-order valence-corrected chi connectivity index (χ0v) is 18.2. The smallest absolute Gasteiger partial charge is 0.338 e. The van der Waals surface area contributed by atoms with Gasteiger partial charge in [0.1, 0.15) is 6.10 Å². The topological polar surface area (TPSA) is 128 Å². The molecule has 176 valence electrons. The van der Waals surface area contributed by atoms with Crippen molar-refractivity contribution in [3.8, 4) is 0 Å². The molecular weight excluding hydrogens is 447 g/mol. The van der Waals surface area contributed by atoms with E-state index in [4.69, 9.17) is 9.47 Å². The molecule has 4 atom stereocenters. The fraction of sp³-hybridized carbons (Fsp3) is 0.250. The van der Waals surface area contributed by atoms with Gasteiger partial charge in [-0.2, -0.15) is 0 Å². The Kier molecular flexibility index (Phi) is 5.92. The number of carboxylic acid groups (broad SMARTS) is 1. The zero-order valence-electron chi connectivity index (χ0n) is 18.2. The van der Waals surface area contributed by atoms with Crippen molar-refractivity contribution in [1.82, 2.24) is 9.55 Å². The molecule has 2 aromatic carbocycles. The fourth-order valence-corrected chi connectivity index (χ4v) is 4.09. The molecule has 0 amide bonds. The van der Waals surface area contributed by atoms with Crippen molar-refractivity contribution in [3.05, 3.63) is 104 Å². The van der Waals surface area contributed by atoms with Gasteiger partial charge in [-0.05, 0) is 43.2 Å². The van der Waals surface area contributed by atoms with E-state index in [0.29, 0.717) is 5.56 Å². The summed E-state index contributed by atoms with van der Waals surface area (Å²) in [5.41, 5.74) is -3.29. The molecule has 4 rings (SSSR count). The number of carboxylic acids is 1. The van der Waals surface area contributed by atoms with Crippen LogP contribution in [0.2, 0.25) is 0 Å². The monoisotopic (exact) mass is 468 g/mol. The Balaban J connectivity index is 1.83. The van der Waals surface area contributed by atoms with Gasteiger partial charge in [0.15, 0.2) is 18.0 Å². The quantitative estimate of drug-likeness (QED) is 0.551. The summed E-state index contributed by atoms with van der Waals surface area (Å²) in [7, 11) is 0. The van der Waals surface area contributed by atoms with Gasteiger partial charge in [0.25, 0.3) is 5.56 Å². The first-order valence-electron chi connectivity index (χ1n) is 10.4. The van der Waals surface area contributed by atoms with Crippen molar-refractivity contribution in [2.75, 3.05) is 0 Å². The summed E-state index contributed by atoms with van der Waals surface area (Å²) < 4.78 is 28.7. The minimum Gasteiger partial charge on any atom is -0.478 e. The highest BCUT2D eigenvalue weighted by Gasteiger charge is 2.59. The molecule has 9 nitrogen and oxygen atoms in total. The first-order valence-corrected chi connectivity index (χ1v) is 10.4. The van der Waals surface area contributed by atoms with Crippen LogP contribution in [0.25, 0.3) is 0 Å². The molecule has 1 aliphatic heterocycles. The molecule has 34 heavy (non-hydrogen) atoms. The lowest BCUT2D eigenvalue weighted by Crippen LogP contribution is -2.44. The maximum Gasteiger partial charge on any atom is 0.338 e. The average Bonchev–Trinajstić information content (AvgIpc) is 3.04. The summed E-state index contributed by atoms with van der Waals surface area (Å²) in [5.74, 6) is -2.00. The van der Waals surface area contributed by atoms with Gasteiger partial charge in [-0.25, -0.2) is 18.8 Å². The Bertz CT molecular complexity index is 1360. The molecule has 0 saturated carbocycles. The van der Waals surface area contributed by atoms with E-state index in [-0.39, 0.29) is 16.7 Å². The van der Waals surface area contributed by atoms with Gasteiger partial charge in [0, 0.05) is 12.3 Å². The Morgan fingerprint density at radius 3 is 2.47 bits per heavy atom. The third-order valence-corrected chi connectivity index (χ3v) is 5.85. The van der Waals surface area contributed by atoms with E-state index in [1.54, 1.807) is 24.3 Å². The molecule has 0 unspecified atom stereocenters. The minimum absolute atomic E-state index is 0.0283. The number of rotatable bonds is 5. The highest BCUT2D eigenvalue weighted by atomic mass is 19.1. The molecule has 0 bridgehead atoms. The van der Waals surface area contributed by atoms with Gasteiger partial charge in [0.05, 0.1) is 11.1 Å². The van der Waals surface area contributed by atoms with Gasteiger partial charge in [0.2, 0.25) is 0 Å². The fourth-order valence-electron chi connectivity index (χ4n) is 4.09. The third-order valence-electron chi connectivity index (χ3n) is 5.85. The van der Waals surface area contributed by atoms with Crippen LogP contribution in [0, 0.1) is 6.92 Å². The van der Waals surface area contributed by atoms with Crippen LogP contribution in [-0.4, -0.2) is 38.4 Å². The molecule has 1 aliphatic rings. The molecule has 3 aromatic rings. The number of aromatic amines is 1. The first-order chi connectivity index (χ1) is 16.1.